The smallest absolute Gasteiger partial charge is 0.137 e. The van der Waals surface area contributed by atoms with Crippen LogP contribution in [0.4, 0.5) is 0 Å². The first-order chi connectivity index (χ1) is 7.57. The lowest BCUT2D eigenvalue weighted by molar-refractivity contribution is -0.0681. The molecule has 0 radical (unpaired) electrons. The molecule has 3 heteroatoms. The molecule has 3 N–H and O–H groups in total. The first-order valence-corrected chi connectivity index (χ1v) is 5.55. The van der Waals surface area contributed by atoms with Crippen molar-refractivity contribution in [2.45, 2.75) is 31.4 Å². The van der Waals surface area contributed by atoms with Gasteiger partial charge < -0.3 is 15.3 Å². The van der Waals surface area contributed by atoms with Gasteiger partial charge in [0.25, 0.3) is 0 Å². The van der Waals surface area contributed by atoms with Crippen LogP contribution in [0.2, 0.25) is 0 Å². The summed E-state index contributed by atoms with van der Waals surface area (Å²) >= 11 is 0. The zero-order valence-corrected chi connectivity index (χ0v) is 9.23. The zero-order chi connectivity index (χ0) is 11.3. The maximum absolute atomic E-state index is 10.2. The molecular formula is C13H15NO2. The van der Waals surface area contributed by atoms with Crippen molar-refractivity contribution in [2.75, 3.05) is 0 Å². The predicted octanol–water partition coefficient (Wildman–Crippen LogP) is 2.05. The van der Waals surface area contributed by atoms with Gasteiger partial charge in [-0.25, -0.2) is 0 Å². The third kappa shape index (κ3) is 1.36. The van der Waals surface area contributed by atoms with Crippen LogP contribution in [0.1, 0.15) is 24.2 Å². The molecule has 0 spiro atoms. The highest BCUT2D eigenvalue weighted by Crippen LogP contribution is 2.42. The third-order valence-corrected chi connectivity index (χ3v) is 3.33. The van der Waals surface area contributed by atoms with Crippen LogP contribution < -0.4 is 5.73 Å². The Labute approximate surface area is 93.9 Å². The molecule has 0 atom stereocenters. The standard InChI is InChI=1S/C13H15NO2/c1-8-2-3-11-9(4-8)5-12(16-11)13(15)6-10(14)7-13/h2-5,10,15H,6-7,14H2,1H3. The van der Waals surface area contributed by atoms with Gasteiger partial charge in [0.15, 0.2) is 0 Å². The first-order valence-electron chi connectivity index (χ1n) is 5.55. The van der Waals surface area contributed by atoms with E-state index in [0.717, 1.165) is 11.0 Å². The Kier molecular flexibility index (Phi) is 1.91. The van der Waals surface area contributed by atoms with E-state index in [0.29, 0.717) is 18.6 Å². The van der Waals surface area contributed by atoms with Gasteiger partial charge in [-0.05, 0) is 38.0 Å². The quantitative estimate of drug-likeness (QED) is 0.768. The second-order valence-electron chi connectivity index (χ2n) is 4.85. The van der Waals surface area contributed by atoms with Gasteiger partial charge in [-0.2, -0.15) is 0 Å². The summed E-state index contributed by atoms with van der Waals surface area (Å²) in [5, 5.41) is 11.3. The molecule has 84 valence electrons. The SMILES string of the molecule is Cc1ccc2oc(C3(O)CC(N)C3)cc2c1. The monoisotopic (exact) mass is 217 g/mol. The minimum Gasteiger partial charge on any atom is -0.458 e. The van der Waals surface area contributed by atoms with Crippen molar-refractivity contribution in [3.05, 3.63) is 35.6 Å². The summed E-state index contributed by atoms with van der Waals surface area (Å²) in [6.45, 7) is 2.04. The van der Waals surface area contributed by atoms with Crippen molar-refractivity contribution in [1.29, 1.82) is 0 Å². The van der Waals surface area contributed by atoms with E-state index in [1.165, 1.54) is 5.56 Å². The number of furan rings is 1. The number of benzene rings is 1. The van der Waals surface area contributed by atoms with Gasteiger partial charge in [-0.15, -0.1) is 0 Å². The Bertz CT molecular complexity index is 538. The van der Waals surface area contributed by atoms with Crippen LogP contribution in [0.3, 0.4) is 0 Å². The average Bonchev–Trinajstić information content (AvgIpc) is 2.58. The summed E-state index contributed by atoms with van der Waals surface area (Å²) < 4.78 is 5.67. The molecule has 0 amide bonds. The van der Waals surface area contributed by atoms with Gasteiger partial charge in [-0.1, -0.05) is 11.6 Å². The van der Waals surface area contributed by atoms with Crippen LogP contribution in [-0.2, 0) is 5.60 Å². The second kappa shape index (κ2) is 3.09. The van der Waals surface area contributed by atoms with Crippen molar-refractivity contribution >= 4 is 11.0 Å². The van der Waals surface area contributed by atoms with Crippen LogP contribution in [0.15, 0.2) is 28.7 Å². The van der Waals surface area contributed by atoms with Crippen molar-refractivity contribution in [1.82, 2.24) is 0 Å². The van der Waals surface area contributed by atoms with E-state index in [-0.39, 0.29) is 6.04 Å². The maximum atomic E-state index is 10.2. The molecule has 16 heavy (non-hydrogen) atoms. The summed E-state index contributed by atoms with van der Waals surface area (Å²) in [6.07, 6.45) is 1.18. The molecule has 3 nitrogen and oxygen atoms in total. The Morgan fingerprint density at radius 1 is 1.38 bits per heavy atom. The normalized spacial score (nSPS) is 29.3. The summed E-state index contributed by atoms with van der Waals surface area (Å²) in [6, 6.07) is 8.03. The number of nitrogens with two attached hydrogens (primary N) is 1. The molecule has 1 aromatic heterocycles. The van der Waals surface area contributed by atoms with Crippen LogP contribution in [0, 0.1) is 6.92 Å². The minimum atomic E-state index is -0.841. The Hall–Kier alpha value is -1.32. The highest BCUT2D eigenvalue weighted by Gasteiger charge is 2.44. The van der Waals surface area contributed by atoms with Crippen molar-refractivity contribution in [3.8, 4) is 0 Å². The largest absolute Gasteiger partial charge is 0.458 e. The average molecular weight is 217 g/mol. The van der Waals surface area contributed by atoms with Gasteiger partial charge in [0.2, 0.25) is 0 Å². The molecule has 3 rings (SSSR count). The van der Waals surface area contributed by atoms with Gasteiger partial charge >= 0.3 is 0 Å². The lowest BCUT2D eigenvalue weighted by Crippen LogP contribution is -2.48. The van der Waals surface area contributed by atoms with E-state index in [1.807, 2.05) is 25.1 Å². The Balaban J connectivity index is 2.06. The van der Waals surface area contributed by atoms with Crippen LogP contribution in [0.5, 0.6) is 0 Å². The van der Waals surface area contributed by atoms with Crippen molar-refractivity contribution < 1.29 is 9.52 Å². The molecule has 0 unspecified atom stereocenters. The second-order valence-corrected chi connectivity index (χ2v) is 4.85. The number of aliphatic hydroxyl groups is 1. The number of hydrogen-bond donors (Lipinski definition) is 2. The minimum absolute atomic E-state index is 0.0972. The fraction of sp³-hybridized carbons (Fsp3) is 0.385. The molecular weight excluding hydrogens is 202 g/mol. The van der Waals surface area contributed by atoms with Crippen LogP contribution in [-0.4, -0.2) is 11.1 Å². The van der Waals surface area contributed by atoms with E-state index in [2.05, 4.69) is 6.07 Å². The molecule has 1 aliphatic carbocycles. The molecule has 0 aliphatic heterocycles. The molecule has 0 bridgehead atoms. The van der Waals surface area contributed by atoms with E-state index in [4.69, 9.17) is 10.2 Å². The van der Waals surface area contributed by atoms with Gasteiger partial charge in [-0.3, -0.25) is 0 Å². The van der Waals surface area contributed by atoms with E-state index in [1.54, 1.807) is 0 Å². The number of aryl methyl sites for hydroxylation is 1. The molecule has 1 heterocycles. The van der Waals surface area contributed by atoms with Gasteiger partial charge in [0, 0.05) is 11.4 Å². The topological polar surface area (TPSA) is 59.4 Å². The highest BCUT2D eigenvalue weighted by atomic mass is 16.4. The Morgan fingerprint density at radius 2 is 2.12 bits per heavy atom. The molecule has 1 saturated carbocycles. The van der Waals surface area contributed by atoms with E-state index >= 15 is 0 Å². The predicted molar refractivity (Wildman–Crippen MR) is 62.1 cm³/mol. The molecule has 1 fully saturated rings. The third-order valence-electron chi connectivity index (χ3n) is 3.33. The lowest BCUT2D eigenvalue weighted by Gasteiger charge is -2.39. The zero-order valence-electron chi connectivity index (χ0n) is 9.23. The van der Waals surface area contributed by atoms with E-state index < -0.39 is 5.60 Å². The number of hydrogen-bond acceptors (Lipinski definition) is 3. The molecule has 1 aliphatic rings. The molecule has 1 aromatic carbocycles. The fourth-order valence-corrected chi connectivity index (χ4v) is 2.40. The molecule has 2 aromatic rings. The summed E-state index contributed by atoms with van der Waals surface area (Å²) in [7, 11) is 0. The van der Waals surface area contributed by atoms with Crippen molar-refractivity contribution in [3.63, 3.8) is 0 Å². The Morgan fingerprint density at radius 3 is 2.81 bits per heavy atom. The highest BCUT2D eigenvalue weighted by molar-refractivity contribution is 5.79. The lowest BCUT2D eigenvalue weighted by atomic mass is 9.74. The van der Waals surface area contributed by atoms with Crippen molar-refractivity contribution in [2.24, 2.45) is 5.73 Å². The summed E-state index contributed by atoms with van der Waals surface area (Å²) in [5.74, 6) is 0.648. The van der Waals surface area contributed by atoms with Gasteiger partial charge in [0.1, 0.15) is 16.9 Å². The molecule has 0 saturated heterocycles. The van der Waals surface area contributed by atoms with Crippen LogP contribution >= 0.6 is 0 Å². The first kappa shape index (κ1) is 9.87. The van der Waals surface area contributed by atoms with E-state index in [9.17, 15) is 5.11 Å². The van der Waals surface area contributed by atoms with Gasteiger partial charge in [0.05, 0.1) is 0 Å². The fourth-order valence-electron chi connectivity index (χ4n) is 2.40. The van der Waals surface area contributed by atoms with Crippen LogP contribution in [0.25, 0.3) is 11.0 Å². The number of fused-ring (bicyclic) bond motifs is 1. The maximum Gasteiger partial charge on any atom is 0.137 e. The summed E-state index contributed by atoms with van der Waals surface area (Å²) in [5.41, 5.74) is 6.89. The number of rotatable bonds is 1. The summed E-state index contributed by atoms with van der Waals surface area (Å²) in [4.78, 5) is 0.